The van der Waals surface area contributed by atoms with Gasteiger partial charge in [-0.25, -0.2) is 4.90 Å². The molecule has 0 atom stereocenters. The summed E-state index contributed by atoms with van der Waals surface area (Å²) in [7, 11) is -9.98. The van der Waals surface area contributed by atoms with Crippen LogP contribution in [0.5, 0.6) is 0 Å². The number of amides is 2. The number of nitrogens with two attached hydrogens (primary N) is 1. The Kier molecular flexibility index (Phi) is 6.93. The van der Waals surface area contributed by atoms with Crippen molar-refractivity contribution in [1.29, 1.82) is 0 Å². The lowest BCUT2D eigenvalue weighted by Gasteiger charge is -2.22. The van der Waals surface area contributed by atoms with Gasteiger partial charge in [0, 0.05) is 22.7 Å². The third-order valence-electron chi connectivity index (χ3n) is 5.58. The van der Waals surface area contributed by atoms with Crippen LogP contribution in [0.25, 0.3) is 10.8 Å². The number of carbonyl (C=O) groups excluding carboxylic acids is 2. The Morgan fingerprint density at radius 1 is 0.821 bits per heavy atom. The Labute approximate surface area is 220 Å². The quantitative estimate of drug-likeness (QED) is 0.100. The normalized spacial score (nSPS) is 11.7. The van der Waals surface area contributed by atoms with Gasteiger partial charge in [-0.1, -0.05) is 24.3 Å². The van der Waals surface area contributed by atoms with Crippen molar-refractivity contribution >= 4 is 59.9 Å². The van der Waals surface area contributed by atoms with E-state index >= 15 is 0 Å². The molecule has 4 aromatic rings. The van der Waals surface area contributed by atoms with E-state index < -0.39 is 58.0 Å². The van der Waals surface area contributed by atoms with Gasteiger partial charge in [0.25, 0.3) is 37.7 Å². The maximum Gasteiger partial charge on any atom is 0.295 e. The van der Waals surface area contributed by atoms with Gasteiger partial charge in [0.1, 0.15) is 10.5 Å². The second-order valence-corrected chi connectivity index (χ2v) is 10.9. The number of hydrogen-bond donors (Lipinski definition) is 3. The van der Waals surface area contributed by atoms with Crippen LogP contribution in [0.2, 0.25) is 0 Å². The summed E-state index contributed by atoms with van der Waals surface area (Å²) < 4.78 is 66.7. The van der Waals surface area contributed by atoms with Crippen LogP contribution in [0.1, 0.15) is 20.7 Å². The lowest BCUT2D eigenvalue weighted by Crippen LogP contribution is -2.37. The average molecular weight is 572 g/mol. The van der Waals surface area contributed by atoms with Gasteiger partial charge in [-0.3, -0.25) is 28.8 Å². The summed E-state index contributed by atoms with van der Waals surface area (Å²) in [6.45, 7) is 0. The number of nitro groups is 1. The minimum Gasteiger partial charge on any atom is -0.399 e. The highest BCUT2D eigenvalue weighted by molar-refractivity contribution is 7.86. The number of para-hydroxylation sites is 1. The number of anilines is 2. The van der Waals surface area contributed by atoms with Crippen LogP contribution in [-0.4, -0.2) is 42.7 Å². The number of carbonyl (C=O) groups is 2. The standard InChI is InChI=1S/C24H17N3O10S2/c25-16-5-3-4-15(10-16)23(28)26(24(29)19-6-1-2-7-21(19)27(30)31)17-9-8-14-11-18(38(32,33)34)13-22(20(14)12-17)39(35,36)37/h1-13H,25H2,(H,32,33,34)(H,35,36,37). The molecule has 39 heavy (non-hydrogen) atoms. The van der Waals surface area contributed by atoms with E-state index in [9.17, 15) is 45.6 Å². The Balaban J connectivity index is 2.02. The molecule has 0 aromatic heterocycles. The molecule has 2 amide bonds. The van der Waals surface area contributed by atoms with Gasteiger partial charge in [-0.15, -0.1) is 0 Å². The Bertz CT molecular complexity index is 1900. The first-order chi connectivity index (χ1) is 18.2. The molecule has 0 aliphatic rings. The van der Waals surface area contributed by atoms with Crippen LogP contribution >= 0.6 is 0 Å². The summed E-state index contributed by atoms with van der Waals surface area (Å²) in [5.41, 5.74) is 4.51. The molecule has 0 aliphatic carbocycles. The maximum atomic E-state index is 13.7. The molecular formula is C24H17N3O10S2. The van der Waals surface area contributed by atoms with Crippen molar-refractivity contribution in [3.63, 3.8) is 0 Å². The predicted octanol–water partition coefficient (Wildman–Crippen LogP) is 3.31. The van der Waals surface area contributed by atoms with Gasteiger partial charge in [0.05, 0.1) is 15.5 Å². The van der Waals surface area contributed by atoms with Crippen molar-refractivity contribution < 1.29 is 40.5 Å². The van der Waals surface area contributed by atoms with Crippen molar-refractivity contribution in [2.45, 2.75) is 9.79 Å². The molecule has 4 aromatic carbocycles. The number of imide groups is 1. The molecule has 200 valence electrons. The molecule has 0 unspecified atom stereocenters. The molecule has 0 saturated heterocycles. The number of rotatable bonds is 6. The van der Waals surface area contributed by atoms with E-state index in [2.05, 4.69) is 0 Å². The van der Waals surface area contributed by atoms with Crippen molar-refractivity contribution in [2.24, 2.45) is 0 Å². The maximum absolute atomic E-state index is 13.7. The van der Waals surface area contributed by atoms with Crippen molar-refractivity contribution in [3.05, 3.63) is 100 Å². The lowest BCUT2D eigenvalue weighted by molar-refractivity contribution is -0.385. The first-order valence-corrected chi connectivity index (χ1v) is 13.6. The first-order valence-electron chi connectivity index (χ1n) is 10.7. The van der Waals surface area contributed by atoms with E-state index in [1.54, 1.807) is 0 Å². The highest BCUT2D eigenvalue weighted by Gasteiger charge is 2.31. The zero-order chi connectivity index (χ0) is 28.7. The fourth-order valence-electron chi connectivity index (χ4n) is 3.85. The average Bonchev–Trinajstić information content (AvgIpc) is 2.86. The van der Waals surface area contributed by atoms with Crippen molar-refractivity contribution in [2.75, 3.05) is 10.6 Å². The predicted molar refractivity (Wildman–Crippen MR) is 139 cm³/mol. The number of nitrogens with zero attached hydrogens (tertiary/aromatic N) is 2. The molecule has 0 heterocycles. The summed E-state index contributed by atoms with van der Waals surface area (Å²) in [4.78, 5) is 36.8. The van der Waals surface area contributed by atoms with E-state index in [4.69, 9.17) is 5.73 Å². The number of nitrogen functional groups attached to an aromatic ring is 1. The fourth-order valence-corrected chi connectivity index (χ4v) is 5.20. The summed E-state index contributed by atoms with van der Waals surface area (Å²) in [6, 6.07) is 15.1. The van der Waals surface area contributed by atoms with Crippen LogP contribution in [0.3, 0.4) is 0 Å². The van der Waals surface area contributed by atoms with E-state index in [0.717, 1.165) is 36.4 Å². The Morgan fingerprint density at radius 3 is 2.13 bits per heavy atom. The monoisotopic (exact) mass is 571 g/mol. The summed E-state index contributed by atoms with van der Waals surface area (Å²) in [6.07, 6.45) is 0. The molecular weight excluding hydrogens is 554 g/mol. The van der Waals surface area contributed by atoms with Gasteiger partial charge >= 0.3 is 0 Å². The highest BCUT2D eigenvalue weighted by atomic mass is 32.2. The zero-order valence-corrected chi connectivity index (χ0v) is 21.1. The van der Waals surface area contributed by atoms with Crippen LogP contribution in [-0.2, 0) is 20.2 Å². The summed E-state index contributed by atoms with van der Waals surface area (Å²) in [5.74, 6) is -2.12. The van der Waals surface area contributed by atoms with E-state index in [1.807, 2.05) is 0 Å². The fraction of sp³-hybridized carbons (Fsp3) is 0. The van der Waals surface area contributed by atoms with E-state index in [-0.39, 0.29) is 27.7 Å². The van der Waals surface area contributed by atoms with Crippen LogP contribution < -0.4 is 10.6 Å². The van der Waals surface area contributed by atoms with Crippen LogP contribution in [0, 0.1) is 10.1 Å². The summed E-state index contributed by atoms with van der Waals surface area (Å²) >= 11 is 0. The molecule has 0 saturated carbocycles. The van der Waals surface area contributed by atoms with Gasteiger partial charge in [-0.05, 0) is 53.9 Å². The van der Waals surface area contributed by atoms with E-state index in [0.29, 0.717) is 11.0 Å². The summed E-state index contributed by atoms with van der Waals surface area (Å²) in [5, 5.41) is 11.2. The SMILES string of the molecule is Nc1cccc(C(=O)N(C(=O)c2ccccc2[N+](=O)[O-])c2ccc3cc(S(=O)(=O)O)cc(S(=O)(=O)O)c3c2)c1. The largest absolute Gasteiger partial charge is 0.399 e. The highest BCUT2D eigenvalue weighted by Crippen LogP contribution is 2.33. The van der Waals surface area contributed by atoms with Gasteiger partial charge < -0.3 is 5.73 Å². The third kappa shape index (κ3) is 5.46. The van der Waals surface area contributed by atoms with E-state index in [1.165, 1.54) is 36.4 Å². The van der Waals surface area contributed by atoms with Crippen LogP contribution in [0.4, 0.5) is 17.1 Å². The molecule has 0 radical (unpaired) electrons. The Hall–Kier alpha value is -4.70. The number of fused-ring (bicyclic) bond motifs is 1. The minimum atomic E-state index is -5.09. The molecule has 4 N–H and O–H groups in total. The minimum absolute atomic E-state index is 0.0845. The van der Waals surface area contributed by atoms with Gasteiger partial charge in [0.15, 0.2) is 0 Å². The second-order valence-electron chi connectivity index (χ2n) is 8.12. The van der Waals surface area contributed by atoms with Crippen molar-refractivity contribution in [3.8, 4) is 0 Å². The lowest BCUT2D eigenvalue weighted by atomic mass is 10.1. The number of nitro benzene ring substituents is 1. The molecule has 0 bridgehead atoms. The molecule has 13 nitrogen and oxygen atoms in total. The smallest absolute Gasteiger partial charge is 0.295 e. The van der Waals surface area contributed by atoms with Gasteiger partial charge in [-0.2, -0.15) is 16.8 Å². The molecule has 0 spiro atoms. The molecule has 15 heteroatoms. The second kappa shape index (κ2) is 9.88. The number of hydrogen-bond acceptors (Lipinski definition) is 9. The number of benzene rings is 4. The first kappa shape index (κ1) is 27.3. The third-order valence-corrected chi connectivity index (χ3v) is 7.30. The van der Waals surface area contributed by atoms with Crippen LogP contribution in [0.15, 0.2) is 88.7 Å². The molecule has 4 rings (SSSR count). The Morgan fingerprint density at radius 2 is 1.51 bits per heavy atom. The molecule has 0 fully saturated rings. The van der Waals surface area contributed by atoms with Crippen molar-refractivity contribution in [1.82, 2.24) is 0 Å². The molecule has 0 aliphatic heterocycles. The topological polar surface area (TPSA) is 215 Å². The zero-order valence-electron chi connectivity index (χ0n) is 19.5. The van der Waals surface area contributed by atoms with Gasteiger partial charge in [0.2, 0.25) is 0 Å².